The molecule has 0 saturated heterocycles. The molecule has 2 rings (SSSR count). The Kier molecular flexibility index (Phi) is 3.53. The molecule has 4 nitrogen and oxygen atoms in total. The summed E-state index contributed by atoms with van der Waals surface area (Å²) >= 11 is 1.35. The van der Waals surface area contributed by atoms with Gasteiger partial charge in [0.15, 0.2) is 0 Å². The minimum absolute atomic E-state index is 0.175. The number of nitrogens with one attached hydrogen (secondary N) is 1. The van der Waals surface area contributed by atoms with Gasteiger partial charge >= 0.3 is 0 Å². The van der Waals surface area contributed by atoms with Gasteiger partial charge in [0.25, 0.3) is 5.91 Å². The molecular weight excluding hydrogens is 248 g/mol. The van der Waals surface area contributed by atoms with Crippen molar-refractivity contribution in [3.8, 4) is 5.75 Å². The van der Waals surface area contributed by atoms with Crippen molar-refractivity contribution in [3.05, 3.63) is 40.1 Å². The van der Waals surface area contributed by atoms with Gasteiger partial charge in [0.1, 0.15) is 10.6 Å². The first kappa shape index (κ1) is 12.4. The summed E-state index contributed by atoms with van der Waals surface area (Å²) in [6.45, 7) is 1.90. The maximum absolute atomic E-state index is 12.0. The van der Waals surface area contributed by atoms with Crippen LogP contribution in [-0.2, 0) is 0 Å². The number of hydrogen-bond donors (Lipinski definition) is 2. The monoisotopic (exact) mass is 262 g/mol. The van der Waals surface area contributed by atoms with Gasteiger partial charge in [-0.25, -0.2) is 0 Å². The van der Waals surface area contributed by atoms with Gasteiger partial charge in [-0.15, -0.1) is 11.3 Å². The lowest BCUT2D eigenvalue weighted by molar-refractivity contribution is 0.102. The third kappa shape index (κ3) is 2.46. The van der Waals surface area contributed by atoms with Crippen LogP contribution in [0.3, 0.4) is 0 Å². The van der Waals surface area contributed by atoms with Crippen molar-refractivity contribution in [2.75, 3.05) is 18.2 Å². The lowest BCUT2D eigenvalue weighted by atomic mass is 10.2. The summed E-state index contributed by atoms with van der Waals surface area (Å²) in [5.41, 5.74) is 8.10. The van der Waals surface area contributed by atoms with Gasteiger partial charge in [-0.05, 0) is 42.1 Å². The standard InChI is InChI=1S/C13H14N2O2S/c1-8-7-9(3-4-10(8)14)15-13(16)12-11(17-2)5-6-18-12/h3-7H,14H2,1-2H3,(H,15,16). The molecule has 0 bridgehead atoms. The van der Waals surface area contributed by atoms with E-state index in [1.165, 1.54) is 11.3 Å². The first-order valence-corrected chi connectivity index (χ1v) is 6.28. The number of ether oxygens (including phenoxy) is 1. The summed E-state index contributed by atoms with van der Waals surface area (Å²) in [7, 11) is 1.55. The number of benzene rings is 1. The van der Waals surface area contributed by atoms with Gasteiger partial charge in [-0.2, -0.15) is 0 Å². The number of methoxy groups -OCH3 is 1. The fraction of sp³-hybridized carbons (Fsp3) is 0.154. The predicted octanol–water partition coefficient (Wildman–Crippen LogP) is 2.90. The van der Waals surface area contributed by atoms with Crippen LogP contribution in [0.1, 0.15) is 15.2 Å². The molecule has 0 aliphatic carbocycles. The van der Waals surface area contributed by atoms with Gasteiger partial charge in [0, 0.05) is 11.4 Å². The molecule has 18 heavy (non-hydrogen) atoms. The second-order valence-electron chi connectivity index (χ2n) is 3.84. The van der Waals surface area contributed by atoms with E-state index in [-0.39, 0.29) is 5.91 Å². The number of carbonyl (C=O) groups is 1. The number of carbonyl (C=O) groups excluding carboxylic acids is 1. The van der Waals surface area contributed by atoms with E-state index < -0.39 is 0 Å². The summed E-state index contributed by atoms with van der Waals surface area (Å²) in [6, 6.07) is 7.16. The minimum Gasteiger partial charge on any atom is -0.495 e. The van der Waals surface area contributed by atoms with Gasteiger partial charge in [-0.1, -0.05) is 0 Å². The highest BCUT2D eigenvalue weighted by atomic mass is 32.1. The number of nitrogens with two attached hydrogens (primary N) is 1. The molecule has 0 spiro atoms. The molecule has 1 aromatic carbocycles. The molecule has 3 N–H and O–H groups in total. The molecule has 0 saturated carbocycles. The van der Waals surface area contributed by atoms with E-state index in [9.17, 15) is 4.79 Å². The summed E-state index contributed by atoms with van der Waals surface area (Å²) < 4.78 is 5.12. The topological polar surface area (TPSA) is 64.3 Å². The van der Waals surface area contributed by atoms with Crippen molar-refractivity contribution in [2.24, 2.45) is 0 Å². The van der Waals surface area contributed by atoms with E-state index in [0.29, 0.717) is 16.3 Å². The quantitative estimate of drug-likeness (QED) is 0.836. The zero-order chi connectivity index (χ0) is 13.1. The van der Waals surface area contributed by atoms with E-state index >= 15 is 0 Å². The van der Waals surface area contributed by atoms with Crippen molar-refractivity contribution in [1.29, 1.82) is 0 Å². The second kappa shape index (κ2) is 5.10. The van der Waals surface area contributed by atoms with Crippen LogP contribution < -0.4 is 15.8 Å². The van der Waals surface area contributed by atoms with Crippen molar-refractivity contribution in [2.45, 2.75) is 6.92 Å². The van der Waals surface area contributed by atoms with E-state index in [2.05, 4.69) is 5.32 Å². The largest absolute Gasteiger partial charge is 0.495 e. The summed E-state index contributed by atoms with van der Waals surface area (Å²) in [6.07, 6.45) is 0. The molecule has 0 radical (unpaired) electrons. The molecule has 0 unspecified atom stereocenters. The van der Waals surface area contributed by atoms with Crippen LogP contribution in [0.2, 0.25) is 0 Å². The van der Waals surface area contributed by atoms with Crippen LogP contribution in [-0.4, -0.2) is 13.0 Å². The number of nitrogen functional groups attached to an aromatic ring is 1. The Morgan fingerprint density at radius 3 is 2.83 bits per heavy atom. The van der Waals surface area contributed by atoms with Crippen molar-refractivity contribution < 1.29 is 9.53 Å². The molecule has 1 amide bonds. The first-order valence-electron chi connectivity index (χ1n) is 5.41. The fourth-order valence-corrected chi connectivity index (χ4v) is 2.32. The molecule has 0 atom stereocenters. The zero-order valence-corrected chi connectivity index (χ0v) is 11.0. The summed E-state index contributed by atoms with van der Waals surface area (Å²) in [5.74, 6) is 0.413. The highest BCUT2D eigenvalue weighted by Crippen LogP contribution is 2.26. The summed E-state index contributed by atoms with van der Waals surface area (Å²) in [5, 5.41) is 4.64. The smallest absolute Gasteiger partial charge is 0.269 e. The van der Waals surface area contributed by atoms with Gasteiger partial charge in [-0.3, -0.25) is 4.79 Å². The minimum atomic E-state index is -0.175. The van der Waals surface area contributed by atoms with E-state index in [1.807, 2.05) is 18.4 Å². The number of thiophene rings is 1. The Hall–Kier alpha value is -2.01. The fourth-order valence-electron chi connectivity index (χ4n) is 1.57. The number of aryl methyl sites for hydroxylation is 1. The Balaban J connectivity index is 2.19. The Morgan fingerprint density at radius 2 is 2.17 bits per heavy atom. The molecule has 0 aliphatic heterocycles. The van der Waals surface area contributed by atoms with Gasteiger partial charge < -0.3 is 15.8 Å². The number of amides is 1. The average Bonchev–Trinajstić information content (AvgIpc) is 2.82. The van der Waals surface area contributed by atoms with E-state index in [1.54, 1.807) is 25.3 Å². The third-order valence-corrected chi connectivity index (χ3v) is 3.48. The number of rotatable bonds is 3. The maximum Gasteiger partial charge on any atom is 0.269 e. The van der Waals surface area contributed by atoms with E-state index in [4.69, 9.17) is 10.5 Å². The van der Waals surface area contributed by atoms with Crippen LogP contribution in [0.25, 0.3) is 0 Å². The Bertz CT molecular complexity index is 578. The normalized spacial score (nSPS) is 10.1. The van der Waals surface area contributed by atoms with Crippen molar-refractivity contribution in [3.63, 3.8) is 0 Å². The molecule has 2 aromatic rings. The molecular formula is C13H14N2O2S. The van der Waals surface area contributed by atoms with Crippen molar-refractivity contribution in [1.82, 2.24) is 0 Å². The van der Waals surface area contributed by atoms with Crippen LogP contribution in [0.4, 0.5) is 11.4 Å². The Morgan fingerprint density at radius 1 is 1.39 bits per heavy atom. The third-order valence-electron chi connectivity index (χ3n) is 2.58. The van der Waals surface area contributed by atoms with Crippen LogP contribution in [0.15, 0.2) is 29.6 Å². The molecule has 94 valence electrons. The second-order valence-corrected chi connectivity index (χ2v) is 4.76. The van der Waals surface area contributed by atoms with Gasteiger partial charge in [0.05, 0.1) is 7.11 Å². The van der Waals surface area contributed by atoms with Crippen LogP contribution >= 0.6 is 11.3 Å². The predicted molar refractivity (Wildman–Crippen MR) is 74.4 cm³/mol. The summed E-state index contributed by atoms with van der Waals surface area (Å²) in [4.78, 5) is 12.6. The zero-order valence-electron chi connectivity index (χ0n) is 10.2. The molecule has 0 fully saturated rings. The van der Waals surface area contributed by atoms with Crippen LogP contribution in [0.5, 0.6) is 5.75 Å². The lowest BCUT2D eigenvalue weighted by Crippen LogP contribution is -2.11. The highest BCUT2D eigenvalue weighted by molar-refractivity contribution is 7.12. The SMILES string of the molecule is COc1ccsc1C(=O)Nc1ccc(N)c(C)c1. The van der Waals surface area contributed by atoms with Crippen molar-refractivity contribution >= 4 is 28.6 Å². The van der Waals surface area contributed by atoms with Gasteiger partial charge in [0.2, 0.25) is 0 Å². The molecule has 5 heteroatoms. The first-order chi connectivity index (χ1) is 8.61. The maximum atomic E-state index is 12.0. The van der Waals surface area contributed by atoms with Crippen LogP contribution in [0, 0.1) is 6.92 Å². The molecule has 1 heterocycles. The molecule has 1 aromatic heterocycles. The molecule has 0 aliphatic rings. The average molecular weight is 262 g/mol. The van der Waals surface area contributed by atoms with E-state index in [0.717, 1.165) is 11.3 Å². The highest BCUT2D eigenvalue weighted by Gasteiger charge is 2.14. The Labute approximate surface area is 109 Å². The number of anilines is 2. The number of hydrogen-bond acceptors (Lipinski definition) is 4. The lowest BCUT2D eigenvalue weighted by Gasteiger charge is -2.07.